The third-order valence-corrected chi connectivity index (χ3v) is 3.19. The highest BCUT2D eigenvalue weighted by Crippen LogP contribution is 2.25. The zero-order valence-electron chi connectivity index (χ0n) is 11.0. The molecule has 1 aromatic rings. The second-order valence-corrected chi connectivity index (χ2v) is 4.63. The smallest absolute Gasteiger partial charge is 0.157 e. The predicted molar refractivity (Wildman–Crippen MR) is 74.9 cm³/mol. The van der Waals surface area contributed by atoms with E-state index in [2.05, 4.69) is 20.6 Å². The standard InChI is InChI=1S/C12H19ClN4O2/c1-14-10-11(13)16-8-17-12(10)15-4-2-5-19-9-3-6-18-7-9/h8-9,14H,2-7H2,1H3,(H,15,16,17). The highest BCUT2D eigenvalue weighted by atomic mass is 35.5. The van der Waals surface area contributed by atoms with Gasteiger partial charge in [0.25, 0.3) is 0 Å². The Labute approximate surface area is 117 Å². The van der Waals surface area contributed by atoms with Crippen LogP contribution in [0.25, 0.3) is 0 Å². The molecule has 0 aliphatic carbocycles. The maximum atomic E-state index is 5.96. The summed E-state index contributed by atoms with van der Waals surface area (Å²) in [5.74, 6) is 0.715. The number of ether oxygens (including phenoxy) is 2. The minimum atomic E-state index is 0.265. The molecule has 6 nitrogen and oxygen atoms in total. The Balaban J connectivity index is 1.69. The van der Waals surface area contributed by atoms with Crippen LogP contribution >= 0.6 is 11.6 Å². The number of nitrogens with zero attached hydrogens (tertiary/aromatic N) is 2. The van der Waals surface area contributed by atoms with E-state index < -0.39 is 0 Å². The predicted octanol–water partition coefficient (Wildman–Crippen LogP) is 1.78. The van der Waals surface area contributed by atoms with Gasteiger partial charge in [0, 0.05) is 26.8 Å². The molecular formula is C12H19ClN4O2. The molecule has 0 aromatic carbocycles. The molecule has 2 heterocycles. The first-order valence-electron chi connectivity index (χ1n) is 6.42. The molecule has 0 bridgehead atoms. The molecule has 106 valence electrons. The fourth-order valence-electron chi connectivity index (χ4n) is 1.89. The summed E-state index contributed by atoms with van der Waals surface area (Å²) in [5.41, 5.74) is 0.717. The number of aromatic nitrogens is 2. The van der Waals surface area contributed by atoms with Crippen molar-refractivity contribution in [1.29, 1.82) is 0 Å². The van der Waals surface area contributed by atoms with Crippen LogP contribution in [0.15, 0.2) is 6.33 Å². The fourth-order valence-corrected chi connectivity index (χ4v) is 2.12. The molecule has 0 radical (unpaired) electrons. The van der Waals surface area contributed by atoms with E-state index in [1.54, 1.807) is 7.05 Å². The van der Waals surface area contributed by atoms with Crippen molar-refractivity contribution in [2.45, 2.75) is 18.9 Å². The third kappa shape index (κ3) is 4.19. The van der Waals surface area contributed by atoms with Gasteiger partial charge in [-0.2, -0.15) is 0 Å². The lowest BCUT2D eigenvalue weighted by molar-refractivity contribution is 0.0427. The number of hydrogen-bond donors (Lipinski definition) is 2. The molecule has 1 saturated heterocycles. The lowest BCUT2D eigenvalue weighted by Crippen LogP contribution is -2.15. The minimum absolute atomic E-state index is 0.265. The van der Waals surface area contributed by atoms with Crippen molar-refractivity contribution in [3.63, 3.8) is 0 Å². The summed E-state index contributed by atoms with van der Waals surface area (Å²) in [6, 6.07) is 0. The van der Waals surface area contributed by atoms with E-state index in [-0.39, 0.29) is 6.10 Å². The van der Waals surface area contributed by atoms with E-state index in [9.17, 15) is 0 Å². The molecule has 1 atom stereocenters. The number of rotatable bonds is 7. The van der Waals surface area contributed by atoms with Gasteiger partial charge in [-0.3, -0.25) is 0 Å². The van der Waals surface area contributed by atoms with Crippen molar-refractivity contribution in [3.8, 4) is 0 Å². The van der Waals surface area contributed by atoms with Crippen LogP contribution in [0.5, 0.6) is 0 Å². The van der Waals surface area contributed by atoms with Crippen LogP contribution < -0.4 is 10.6 Å². The first-order chi connectivity index (χ1) is 9.31. The first kappa shape index (κ1) is 14.3. The number of halogens is 1. The van der Waals surface area contributed by atoms with E-state index >= 15 is 0 Å². The first-order valence-corrected chi connectivity index (χ1v) is 6.80. The normalized spacial score (nSPS) is 18.5. The van der Waals surface area contributed by atoms with E-state index in [0.29, 0.717) is 23.3 Å². The summed E-state index contributed by atoms with van der Waals surface area (Å²) < 4.78 is 10.9. The Kier molecular flexibility index (Phi) is 5.62. The Bertz CT molecular complexity index is 399. The van der Waals surface area contributed by atoms with Crippen molar-refractivity contribution in [2.75, 3.05) is 44.0 Å². The molecule has 19 heavy (non-hydrogen) atoms. The number of hydrogen-bond acceptors (Lipinski definition) is 6. The zero-order valence-corrected chi connectivity index (χ0v) is 11.7. The van der Waals surface area contributed by atoms with E-state index in [4.69, 9.17) is 21.1 Å². The van der Waals surface area contributed by atoms with Gasteiger partial charge in [0.05, 0.1) is 12.7 Å². The van der Waals surface area contributed by atoms with Gasteiger partial charge in [-0.1, -0.05) is 11.6 Å². The molecule has 0 spiro atoms. The molecule has 1 aliphatic heterocycles. The van der Waals surface area contributed by atoms with Crippen LogP contribution in [0.1, 0.15) is 12.8 Å². The molecule has 1 unspecified atom stereocenters. The highest BCUT2D eigenvalue weighted by Gasteiger charge is 2.15. The van der Waals surface area contributed by atoms with Crippen LogP contribution in [-0.4, -0.2) is 49.5 Å². The summed E-state index contributed by atoms with van der Waals surface area (Å²) in [6.45, 7) is 3.02. The van der Waals surface area contributed by atoms with Gasteiger partial charge in [0.1, 0.15) is 12.0 Å². The molecule has 1 fully saturated rings. The van der Waals surface area contributed by atoms with Gasteiger partial charge < -0.3 is 20.1 Å². The summed E-state index contributed by atoms with van der Waals surface area (Å²) in [4.78, 5) is 8.08. The summed E-state index contributed by atoms with van der Waals surface area (Å²) in [7, 11) is 1.79. The van der Waals surface area contributed by atoms with Crippen LogP contribution in [0.4, 0.5) is 11.5 Å². The van der Waals surface area contributed by atoms with E-state index in [0.717, 1.165) is 32.6 Å². The largest absolute Gasteiger partial charge is 0.383 e. The maximum Gasteiger partial charge on any atom is 0.157 e. The Morgan fingerprint density at radius 1 is 1.53 bits per heavy atom. The van der Waals surface area contributed by atoms with Crippen molar-refractivity contribution in [3.05, 3.63) is 11.5 Å². The lowest BCUT2D eigenvalue weighted by Gasteiger charge is -2.12. The van der Waals surface area contributed by atoms with Gasteiger partial charge in [-0.15, -0.1) is 0 Å². The van der Waals surface area contributed by atoms with Gasteiger partial charge in [-0.25, -0.2) is 9.97 Å². The second kappa shape index (κ2) is 7.47. The molecular weight excluding hydrogens is 268 g/mol. The molecule has 2 N–H and O–H groups in total. The van der Waals surface area contributed by atoms with Crippen molar-refractivity contribution >= 4 is 23.1 Å². The molecule has 7 heteroatoms. The van der Waals surface area contributed by atoms with E-state index in [1.807, 2.05) is 0 Å². The van der Waals surface area contributed by atoms with Gasteiger partial charge >= 0.3 is 0 Å². The van der Waals surface area contributed by atoms with Crippen LogP contribution in [0.3, 0.4) is 0 Å². The number of anilines is 2. The van der Waals surface area contributed by atoms with Crippen LogP contribution in [0, 0.1) is 0 Å². The van der Waals surface area contributed by atoms with Crippen molar-refractivity contribution in [1.82, 2.24) is 9.97 Å². The molecule has 1 aromatic heterocycles. The Hall–Kier alpha value is -1.11. The molecule has 0 amide bonds. The fraction of sp³-hybridized carbons (Fsp3) is 0.667. The third-order valence-electron chi connectivity index (χ3n) is 2.91. The average molecular weight is 287 g/mol. The summed E-state index contributed by atoms with van der Waals surface area (Å²) >= 11 is 5.96. The molecule has 0 saturated carbocycles. The van der Waals surface area contributed by atoms with Crippen molar-refractivity contribution < 1.29 is 9.47 Å². The maximum absolute atomic E-state index is 5.96. The highest BCUT2D eigenvalue weighted by molar-refractivity contribution is 6.32. The Morgan fingerprint density at radius 2 is 2.42 bits per heavy atom. The topological polar surface area (TPSA) is 68.3 Å². The summed E-state index contributed by atoms with van der Waals surface area (Å²) in [5, 5.41) is 6.62. The van der Waals surface area contributed by atoms with Crippen molar-refractivity contribution in [2.24, 2.45) is 0 Å². The van der Waals surface area contributed by atoms with Gasteiger partial charge in [0.15, 0.2) is 11.0 Å². The summed E-state index contributed by atoms with van der Waals surface area (Å²) in [6.07, 6.45) is 3.61. The lowest BCUT2D eigenvalue weighted by atomic mass is 10.3. The average Bonchev–Trinajstić information content (AvgIpc) is 2.92. The van der Waals surface area contributed by atoms with Crippen LogP contribution in [-0.2, 0) is 9.47 Å². The molecule has 1 aliphatic rings. The SMILES string of the molecule is CNc1c(Cl)ncnc1NCCCOC1CCOC1. The van der Waals surface area contributed by atoms with Crippen LogP contribution in [0.2, 0.25) is 5.15 Å². The Morgan fingerprint density at radius 3 is 3.16 bits per heavy atom. The minimum Gasteiger partial charge on any atom is -0.383 e. The quantitative estimate of drug-likeness (QED) is 0.588. The monoisotopic (exact) mass is 286 g/mol. The second-order valence-electron chi connectivity index (χ2n) is 4.27. The van der Waals surface area contributed by atoms with Gasteiger partial charge in [-0.05, 0) is 12.8 Å². The van der Waals surface area contributed by atoms with Gasteiger partial charge in [0.2, 0.25) is 0 Å². The zero-order chi connectivity index (χ0) is 13.5. The number of nitrogens with one attached hydrogen (secondary N) is 2. The van der Waals surface area contributed by atoms with E-state index in [1.165, 1.54) is 6.33 Å². The molecule has 2 rings (SSSR count).